The van der Waals surface area contributed by atoms with E-state index in [0.29, 0.717) is 23.6 Å². The zero-order valence-electron chi connectivity index (χ0n) is 20.1. The molecule has 1 aromatic heterocycles. The summed E-state index contributed by atoms with van der Waals surface area (Å²) in [5.41, 5.74) is 2.90. The van der Waals surface area contributed by atoms with Gasteiger partial charge in [-0.3, -0.25) is 9.10 Å². The lowest BCUT2D eigenvalue weighted by Gasteiger charge is -2.35. The highest BCUT2D eigenvalue weighted by atomic mass is 32.2. The van der Waals surface area contributed by atoms with Crippen molar-refractivity contribution in [1.82, 2.24) is 4.98 Å². The minimum absolute atomic E-state index is 0.0703. The number of carboxylic acids is 1. The number of rotatable bonds is 9. The van der Waals surface area contributed by atoms with Gasteiger partial charge in [-0.05, 0) is 61.1 Å². The van der Waals surface area contributed by atoms with Crippen molar-refractivity contribution in [1.29, 1.82) is 0 Å². The van der Waals surface area contributed by atoms with E-state index >= 15 is 0 Å². The molecule has 0 saturated carbocycles. The fourth-order valence-corrected chi connectivity index (χ4v) is 5.86. The van der Waals surface area contributed by atoms with Crippen LogP contribution >= 0.6 is 0 Å². The van der Waals surface area contributed by atoms with Crippen molar-refractivity contribution < 1.29 is 37.6 Å². The SMILES string of the molecule is Cc1cnc(OCCO)c(S(=O)(=O)N2C[C@H](CCC(=O)O)Oc3ccc(/C=C4\CCCOC4)cc32)c1. The molecular weight excluding hydrogens is 488 g/mol. The topological polar surface area (TPSA) is 135 Å². The van der Waals surface area contributed by atoms with Crippen molar-refractivity contribution in [3.63, 3.8) is 0 Å². The number of anilines is 1. The summed E-state index contributed by atoms with van der Waals surface area (Å²) in [6.07, 6.45) is 4.66. The second kappa shape index (κ2) is 11.3. The number of fused-ring (bicyclic) bond motifs is 1. The highest BCUT2D eigenvalue weighted by Gasteiger charge is 2.37. The van der Waals surface area contributed by atoms with Crippen molar-refractivity contribution in [2.24, 2.45) is 0 Å². The molecule has 4 rings (SSSR count). The zero-order chi connectivity index (χ0) is 25.7. The van der Waals surface area contributed by atoms with Gasteiger partial charge in [0.1, 0.15) is 23.4 Å². The van der Waals surface area contributed by atoms with E-state index in [4.69, 9.17) is 24.4 Å². The van der Waals surface area contributed by atoms with Gasteiger partial charge in [0.25, 0.3) is 10.0 Å². The van der Waals surface area contributed by atoms with Crippen LogP contribution in [0, 0.1) is 6.92 Å². The summed E-state index contributed by atoms with van der Waals surface area (Å²) < 4.78 is 46.2. The molecule has 2 aromatic rings. The first-order valence-corrected chi connectivity index (χ1v) is 13.2. The van der Waals surface area contributed by atoms with Crippen molar-refractivity contribution in [3.05, 3.63) is 47.2 Å². The fourth-order valence-electron chi connectivity index (χ4n) is 4.19. The van der Waals surface area contributed by atoms with Crippen molar-refractivity contribution >= 4 is 27.8 Å². The average molecular weight is 519 g/mol. The summed E-state index contributed by atoms with van der Waals surface area (Å²) in [5, 5.41) is 18.3. The molecule has 0 amide bonds. The Morgan fingerprint density at radius 2 is 2.17 bits per heavy atom. The summed E-state index contributed by atoms with van der Waals surface area (Å²) in [4.78, 5) is 15.2. The van der Waals surface area contributed by atoms with Gasteiger partial charge in [0.2, 0.25) is 5.88 Å². The molecule has 3 heterocycles. The molecule has 10 nitrogen and oxygen atoms in total. The molecule has 2 aliphatic heterocycles. The molecule has 0 bridgehead atoms. The first kappa shape index (κ1) is 25.9. The summed E-state index contributed by atoms with van der Waals surface area (Å²) in [6, 6.07) is 6.77. The second-order valence-electron chi connectivity index (χ2n) is 8.78. The molecule has 1 aromatic carbocycles. The number of nitrogens with zero attached hydrogens (tertiary/aromatic N) is 2. The van der Waals surface area contributed by atoms with Crippen LogP contribution in [0.25, 0.3) is 6.08 Å². The lowest BCUT2D eigenvalue weighted by atomic mass is 10.0. The third kappa shape index (κ3) is 5.97. The van der Waals surface area contributed by atoms with Gasteiger partial charge in [-0.1, -0.05) is 12.1 Å². The average Bonchev–Trinajstić information content (AvgIpc) is 2.86. The number of benzene rings is 1. The molecule has 36 heavy (non-hydrogen) atoms. The highest BCUT2D eigenvalue weighted by molar-refractivity contribution is 7.93. The van der Waals surface area contributed by atoms with Gasteiger partial charge in [-0.25, -0.2) is 13.4 Å². The number of carbonyl (C=O) groups is 1. The number of ether oxygens (including phenoxy) is 3. The standard InChI is InChI=1S/C25H30N2O8S/c1-17-11-23(25(26-14-17)34-10-8-28)36(31,32)27-15-20(5-7-24(29)30)35-22-6-4-18(13-21(22)27)12-19-3-2-9-33-16-19/h4,6,11-14,20,28H,2-3,5,7-10,15-16H2,1H3,(H,29,30)/b19-12+/t20-/m0/s1. The van der Waals surface area contributed by atoms with Gasteiger partial charge in [0.05, 0.1) is 25.4 Å². The van der Waals surface area contributed by atoms with Gasteiger partial charge < -0.3 is 24.4 Å². The third-order valence-corrected chi connectivity index (χ3v) is 7.67. The zero-order valence-corrected chi connectivity index (χ0v) is 20.9. The molecule has 2 aliphatic rings. The van der Waals surface area contributed by atoms with E-state index in [9.17, 15) is 13.2 Å². The van der Waals surface area contributed by atoms with Crippen LogP contribution in [0.15, 0.2) is 40.9 Å². The summed E-state index contributed by atoms with van der Waals surface area (Å²) in [6.45, 7) is 2.51. The van der Waals surface area contributed by atoms with Gasteiger partial charge in [-0.2, -0.15) is 0 Å². The Kier molecular flexibility index (Phi) is 8.12. The molecule has 0 unspecified atom stereocenters. The lowest BCUT2D eigenvalue weighted by molar-refractivity contribution is -0.137. The summed E-state index contributed by atoms with van der Waals surface area (Å²) in [5.74, 6) is -0.749. The Balaban J connectivity index is 1.77. The predicted molar refractivity (Wildman–Crippen MR) is 132 cm³/mol. The molecule has 0 spiro atoms. The number of aromatic nitrogens is 1. The lowest BCUT2D eigenvalue weighted by Crippen LogP contribution is -2.44. The smallest absolute Gasteiger partial charge is 0.303 e. The van der Waals surface area contributed by atoms with Crippen LogP contribution < -0.4 is 13.8 Å². The van der Waals surface area contributed by atoms with Gasteiger partial charge in [-0.15, -0.1) is 0 Å². The molecule has 1 saturated heterocycles. The quantitative estimate of drug-likeness (QED) is 0.514. The fraction of sp³-hybridized carbons (Fsp3) is 0.440. The predicted octanol–water partition coefficient (Wildman–Crippen LogP) is 2.78. The number of aliphatic carboxylic acids is 1. The number of aliphatic hydroxyl groups is 1. The minimum atomic E-state index is -4.19. The van der Waals surface area contributed by atoms with E-state index in [0.717, 1.165) is 30.6 Å². The molecule has 194 valence electrons. The summed E-state index contributed by atoms with van der Waals surface area (Å²) in [7, 11) is -4.19. The van der Waals surface area contributed by atoms with Crippen molar-refractivity contribution in [2.75, 3.05) is 37.3 Å². The van der Waals surface area contributed by atoms with Crippen molar-refractivity contribution in [2.45, 2.75) is 43.6 Å². The van der Waals surface area contributed by atoms with E-state index in [-0.39, 0.29) is 43.4 Å². The van der Waals surface area contributed by atoms with E-state index < -0.39 is 22.1 Å². The second-order valence-corrected chi connectivity index (χ2v) is 10.6. The van der Waals surface area contributed by atoms with Crippen LogP contribution in [0.2, 0.25) is 0 Å². The number of pyridine rings is 1. The maximum Gasteiger partial charge on any atom is 0.303 e. The minimum Gasteiger partial charge on any atom is -0.486 e. The van der Waals surface area contributed by atoms with Crippen molar-refractivity contribution in [3.8, 4) is 11.6 Å². The number of hydrogen-bond acceptors (Lipinski definition) is 8. The molecule has 2 N–H and O–H groups in total. The van der Waals surface area contributed by atoms with E-state index in [1.807, 2.05) is 12.1 Å². The molecule has 1 atom stereocenters. The van der Waals surface area contributed by atoms with Crippen LogP contribution in [-0.4, -0.2) is 68.7 Å². The summed E-state index contributed by atoms with van der Waals surface area (Å²) >= 11 is 0. The molecule has 11 heteroatoms. The van der Waals surface area contributed by atoms with Gasteiger partial charge in [0, 0.05) is 19.2 Å². The Morgan fingerprint density at radius 3 is 2.89 bits per heavy atom. The van der Waals surface area contributed by atoms with E-state index in [1.165, 1.54) is 16.6 Å². The van der Waals surface area contributed by atoms with Crippen LogP contribution in [0.4, 0.5) is 5.69 Å². The van der Waals surface area contributed by atoms with Crippen LogP contribution in [0.3, 0.4) is 0 Å². The van der Waals surface area contributed by atoms with Gasteiger partial charge >= 0.3 is 5.97 Å². The maximum absolute atomic E-state index is 14.0. The highest BCUT2D eigenvalue weighted by Crippen LogP contribution is 2.40. The Bertz CT molecular complexity index is 1240. The monoisotopic (exact) mass is 518 g/mol. The van der Waals surface area contributed by atoms with Crippen LogP contribution in [0.5, 0.6) is 11.6 Å². The number of sulfonamides is 1. The van der Waals surface area contributed by atoms with Crippen LogP contribution in [-0.2, 0) is 19.6 Å². The van der Waals surface area contributed by atoms with E-state index in [2.05, 4.69) is 4.98 Å². The first-order chi connectivity index (χ1) is 17.3. The molecule has 0 radical (unpaired) electrons. The number of aryl methyl sites for hydroxylation is 1. The molecule has 1 fully saturated rings. The third-order valence-electron chi connectivity index (χ3n) is 5.89. The Hall–Kier alpha value is -3.15. The van der Waals surface area contributed by atoms with E-state index in [1.54, 1.807) is 19.1 Å². The normalized spacial score (nSPS) is 19.0. The van der Waals surface area contributed by atoms with Gasteiger partial charge in [0.15, 0.2) is 0 Å². The number of carboxylic acid groups (broad SMARTS) is 1. The Labute approximate surface area is 210 Å². The Morgan fingerprint density at radius 1 is 1.33 bits per heavy atom. The molecule has 0 aliphatic carbocycles. The first-order valence-electron chi connectivity index (χ1n) is 11.8. The van der Waals surface area contributed by atoms with Crippen LogP contribution in [0.1, 0.15) is 36.8 Å². The number of hydrogen-bond donors (Lipinski definition) is 2. The largest absolute Gasteiger partial charge is 0.486 e. The maximum atomic E-state index is 14.0. The molecular formula is C25H30N2O8S. The number of aliphatic hydroxyl groups excluding tert-OH is 1.